The van der Waals surface area contributed by atoms with Gasteiger partial charge in [0.15, 0.2) is 0 Å². The van der Waals surface area contributed by atoms with Gasteiger partial charge in [0.1, 0.15) is 5.75 Å². The number of fused-ring (bicyclic) bond motifs is 1. The van der Waals surface area contributed by atoms with E-state index >= 15 is 0 Å². The fraction of sp³-hybridized carbons (Fsp3) is 0.100. The number of hydrogen-bond donors (Lipinski definition) is 1. The van der Waals surface area contributed by atoms with Crippen molar-refractivity contribution in [2.45, 2.75) is 6.92 Å². The van der Waals surface area contributed by atoms with Crippen LogP contribution in [0.1, 0.15) is 5.56 Å². The smallest absolute Gasteiger partial charge is 0.125 e. The first kappa shape index (κ1) is 8.32. The van der Waals surface area contributed by atoms with E-state index in [0.717, 1.165) is 5.56 Å². The van der Waals surface area contributed by atoms with Crippen LogP contribution >= 0.6 is 11.6 Å². The highest BCUT2D eigenvalue weighted by Crippen LogP contribution is 2.29. The molecule has 0 unspecified atom stereocenters. The lowest BCUT2D eigenvalue weighted by atomic mass is 10.1. The summed E-state index contributed by atoms with van der Waals surface area (Å²) in [5.74, 6) is 0.218. The van der Waals surface area contributed by atoms with E-state index in [9.17, 15) is 5.11 Å². The van der Waals surface area contributed by atoms with Crippen LogP contribution in [0.2, 0.25) is 5.02 Å². The number of nitrogens with zero attached hydrogens (tertiary/aromatic N) is 1. The van der Waals surface area contributed by atoms with Crippen LogP contribution in [0, 0.1) is 6.92 Å². The largest absolute Gasteiger partial charge is 0.507 e. The van der Waals surface area contributed by atoms with Gasteiger partial charge in [0, 0.05) is 11.6 Å². The maximum Gasteiger partial charge on any atom is 0.125 e. The van der Waals surface area contributed by atoms with Crippen LogP contribution in [0.5, 0.6) is 5.75 Å². The molecule has 1 aromatic carbocycles. The Balaban J connectivity index is 2.92. The van der Waals surface area contributed by atoms with Gasteiger partial charge in [-0.25, -0.2) is 0 Å². The van der Waals surface area contributed by atoms with E-state index in [-0.39, 0.29) is 5.75 Å². The molecular formula is C10H8ClNO. The predicted molar refractivity (Wildman–Crippen MR) is 53.2 cm³/mol. The van der Waals surface area contributed by atoms with Crippen LogP contribution in [0.3, 0.4) is 0 Å². The molecular weight excluding hydrogens is 186 g/mol. The van der Waals surface area contributed by atoms with E-state index in [0.29, 0.717) is 15.9 Å². The third-order valence-electron chi connectivity index (χ3n) is 1.91. The van der Waals surface area contributed by atoms with Gasteiger partial charge in [-0.1, -0.05) is 11.6 Å². The molecule has 0 aliphatic rings. The van der Waals surface area contributed by atoms with Crippen LogP contribution in [0.25, 0.3) is 10.9 Å². The fourth-order valence-corrected chi connectivity index (χ4v) is 1.49. The Labute approximate surface area is 80.8 Å². The lowest BCUT2D eigenvalue weighted by Crippen LogP contribution is -1.82. The lowest BCUT2D eigenvalue weighted by Gasteiger charge is -2.02. The van der Waals surface area contributed by atoms with E-state index in [2.05, 4.69) is 4.98 Å². The predicted octanol–water partition coefficient (Wildman–Crippen LogP) is 2.90. The SMILES string of the molecule is Cc1cnc2c(Cl)ccc(O)c2c1. The first-order chi connectivity index (χ1) is 6.18. The number of rotatable bonds is 0. The summed E-state index contributed by atoms with van der Waals surface area (Å²) in [6, 6.07) is 5.08. The molecule has 13 heavy (non-hydrogen) atoms. The van der Waals surface area contributed by atoms with Gasteiger partial charge in [-0.05, 0) is 30.7 Å². The Morgan fingerprint density at radius 3 is 2.92 bits per heavy atom. The van der Waals surface area contributed by atoms with Crippen molar-refractivity contribution in [3.8, 4) is 5.75 Å². The third kappa shape index (κ3) is 1.33. The first-order valence-electron chi connectivity index (χ1n) is 3.92. The van der Waals surface area contributed by atoms with E-state index in [1.54, 1.807) is 18.3 Å². The van der Waals surface area contributed by atoms with Gasteiger partial charge in [0.2, 0.25) is 0 Å². The quantitative estimate of drug-likeness (QED) is 0.698. The average Bonchev–Trinajstić information content (AvgIpc) is 2.12. The van der Waals surface area contributed by atoms with Gasteiger partial charge in [0.25, 0.3) is 0 Å². The molecule has 0 atom stereocenters. The molecule has 1 aromatic heterocycles. The van der Waals surface area contributed by atoms with Crippen molar-refractivity contribution in [2.75, 3.05) is 0 Å². The zero-order valence-electron chi connectivity index (χ0n) is 7.08. The number of aryl methyl sites for hydroxylation is 1. The highest BCUT2D eigenvalue weighted by Gasteiger charge is 2.04. The van der Waals surface area contributed by atoms with Crippen LogP contribution < -0.4 is 0 Å². The van der Waals surface area contributed by atoms with Crippen LogP contribution in [-0.4, -0.2) is 10.1 Å². The molecule has 0 radical (unpaired) electrons. The first-order valence-corrected chi connectivity index (χ1v) is 4.30. The molecule has 1 heterocycles. The molecule has 3 heteroatoms. The standard InChI is InChI=1S/C10H8ClNO/c1-6-4-7-9(13)3-2-8(11)10(7)12-5-6/h2-5,13H,1H3. The number of phenolic OH excluding ortho intramolecular Hbond substituents is 1. The van der Waals surface area contributed by atoms with Crippen molar-refractivity contribution in [2.24, 2.45) is 0 Å². The Bertz CT molecular complexity index is 468. The maximum atomic E-state index is 9.52. The van der Waals surface area contributed by atoms with Crippen molar-refractivity contribution in [3.05, 3.63) is 35.0 Å². The summed E-state index contributed by atoms with van der Waals surface area (Å²) in [5, 5.41) is 10.8. The molecule has 2 aromatic rings. The summed E-state index contributed by atoms with van der Waals surface area (Å²) in [6.07, 6.45) is 1.73. The van der Waals surface area contributed by atoms with Gasteiger partial charge in [-0.2, -0.15) is 0 Å². The molecule has 2 rings (SSSR count). The van der Waals surface area contributed by atoms with Gasteiger partial charge in [-0.15, -0.1) is 0 Å². The molecule has 0 amide bonds. The van der Waals surface area contributed by atoms with Crippen LogP contribution in [0.4, 0.5) is 0 Å². The monoisotopic (exact) mass is 193 g/mol. The van der Waals surface area contributed by atoms with Crippen LogP contribution in [-0.2, 0) is 0 Å². The molecule has 2 nitrogen and oxygen atoms in total. The molecule has 0 fully saturated rings. The molecule has 1 N–H and O–H groups in total. The second kappa shape index (κ2) is 2.89. The Hall–Kier alpha value is -1.28. The van der Waals surface area contributed by atoms with Gasteiger partial charge in [0.05, 0.1) is 10.5 Å². The zero-order valence-corrected chi connectivity index (χ0v) is 7.84. The summed E-state index contributed by atoms with van der Waals surface area (Å²) < 4.78 is 0. The summed E-state index contributed by atoms with van der Waals surface area (Å²) in [7, 11) is 0. The molecule has 0 saturated heterocycles. The second-order valence-corrected chi connectivity index (χ2v) is 3.38. The average molecular weight is 194 g/mol. The number of aromatic nitrogens is 1. The molecule has 66 valence electrons. The van der Waals surface area contributed by atoms with Gasteiger partial charge >= 0.3 is 0 Å². The number of phenols is 1. The van der Waals surface area contributed by atoms with E-state index in [4.69, 9.17) is 11.6 Å². The number of aromatic hydroxyl groups is 1. The van der Waals surface area contributed by atoms with Crippen molar-refractivity contribution >= 4 is 22.5 Å². The summed E-state index contributed by atoms with van der Waals surface area (Å²) in [4.78, 5) is 4.15. The van der Waals surface area contributed by atoms with Gasteiger partial charge < -0.3 is 5.11 Å². The number of halogens is 1. The molecule has 0 spiro atoms. The van der Waals surface area contributed by atoms with Gasteiger partial charge in [-0.3, -0.25) is 4.98 Å². The topological polar surface area (TPSA) is 33.1 Å². The normalized spacial score (nSPS) is 10.6. The highest BCUT2D eigenvalue weighted by molar-refractivity contribution is 6.35. The minimum absolute atomic E-state index is 0.218. The summed E-state index contributed by atoms with van der Waals surface area (Å²) in [5.41, 5.74) is 1.65. The van der Waals surface area contributed by atoms with E-state index in [1.165, 1.54) is 0 Å². The zero-order chi connectivity index (χ0) is 9.42. The maximum absolute atomic E-state index is 9.52. The number of hydrogen-bond acceptors (Lipinski definition) is 2. The van der Waals surface area contributed by atoms with Crippen molar-refractivity contribution < 1.29 is 5.11 Å². The summed E-state index contributed by atoms with van der Waals surface area (Å²) >= 11 is 5.91. The molecule has 0 bridgehead atoms. The molecule has 0 aliphatic carbocycles. The molecule has 0 aliphatic heterocycles. The van der Waals surface area contributed by atoms with E-state index < -0.39 is 0 Å². The van der Waals surface area contributed by atoms with Crippen molar-refractivity contribution in [3.63, 3.8) is 0 Å². The van der Waals surface area contributed by atoms with Crippen molar-refractivity contribution in [1.82, 2.24) is 4.98 Å². The minimum Gasteiger partial charge on any atom is -0.507 e. The fourth-order valence-electron chi connectivity index (χ4n) is 1.28. The van der Waals surface area contributed by atoms with Crippen LogP contribution in [0.15, 0.2) is 24.4 Å². The molecule has 0 saturated carbocycles. The number of pyridine rings is 1. The Morgan fingerprint density at radius 2 is 2.15 bits per heavy atom. The Kier molecular flexibility index (Phi) is 1.85. The number of benzene rings is 1. The Morgan fingerprint density at radius 1 is 1.38 bits per heavy atom. The second-order valence-electron chi connectivity index (χ2n) is 2.98. The summed E-state index contributed by atoms with van der Waals surface area (Å²) in [6.45, 7) is 1.92. The minimum atomic E-state index is 0.218. The third-order valence-corrected chi connectivity index (χ3v) is 2.22. The lowest BCUT2D eigenvalue weighted by molar-refractivity contribution is 0.481. The highest BCUT2D eigenvalue weighted by atomic mass is 35.5. The van der Waals surface area contributed by atoms with Crippen molar-refractivity contribution in [1.29, 1.82) is 0 Å². The van der Waals surface area contributed by atoms with E-state index in [1.807, 2.05) is 13.0 Å².